The van der Waals surface area contributed by atoms with Crippen LogP contribution in [0.4, 0.5) is 0 Å². The molecule has 1 saturated carbocycles. The molecule has 0 aromatic rings. The van der Waals surface area contributed by atoms with E-state index in [1.807, 2.05) is 23.5 Å². The Morgan fingerprint density at radius 1 is 1.29 bits per heavy atom. The van der Waals surface area contributed by atoms with Gasteiger partial charge in [0.05, 0.1) is 6.54 Å². The quantitative estimate of drug-likeness (QED) is 0.850. The van der Waals surface area contributed by atoms with Gasteiger partial charge < -0.3 is 5.32 Å². The first-order valence-electron chi connectivity index (χ1n) is 6.56. The fourth-order valence-electron chi connectivity index (χ4n) is 2.54. The number of hydrogen-bond donors (Lipinski definition) is 1. The molecule has 98 valence electrons. The van der Waals surface area contributed by atoms with Gasteiger partial charge in [-0.25, -0.2) is 0 Å². The van der Waals surface area contributed by atoms with Crippen molar-refractivity contribution in [3.05, 3.63) is 0 Å². The van der Waals surface area contributed by atoms with Gasteiger partial charge in [-0.15, -0.1) is 0 Å². The molecule has 2 rings (SSSR count). The maximum absolute atomic E-state index is 4.85. The third kappa shape index (κ3) is 3.57. The standard InChI is InChI=1S/C13H24N2S2/c1-12(2)8-9-17-11(15-12)14-10-13(16-3)6-4-5-7-13/h4-10H2,1-3H3,(H,14,15). The van der Waals surface area contributed by atoms with Crippen molar-refractivity contribution in [2.75, 3.05) is 18.6 Å². The summed E-state index contributed by atoms with van der Waals surface area (Å²) in [7, 11) is 0. The van der Waals surface area contributed by atoms with Crippen LogP contribution in [0.2, 0.25) is 0 Å². The summed E-state index contributed by atoms with van der Waals surface area (Å²) in [6.07, 6.45) is 8.94. The zero-order valence-electron chi connectivity index (χ0n) is 11.2. The highest BCUT2D eigenvalue weighted by Crippen LogP contribution is 2.40. The minimum absolute atomic E-state index is 0.228. The first-order chi connectivity index (χ1) is 8.05. The van der Waals surface area contributed by atoms with E-state index in [0.29, 0.717) is 4.75 Å². The first kappa shape index (κ1) is 13.6. The van der Waals surface area contributed by atoms with Crippen LogP contribution in [0.15, 0.2) is 4.99 Å². The first-order valence-corrected chi connectivity index (χ1v) is 8.77. The Morgan fingerprint density at radius 3 is 2.59 bits per heavy atom. The lowest BCUT2D eigenvalue weighted by molar-refractivity contribution is 0.445. The van der Waals surface area contributed by atoms with Gasteiger partial charge in [0.25, 0.3) is 0 Å². The fourth-order valence-corrected chi connectivity index (χ4v) is 4.74. The normalized spacial score (nSPS) is 29.2. The maximum atomic E-state index is 4.85. The molecule has 0 unspecified atom stereocenters. The molecule has 0 bridgehead atoms. The van der Waals surface area contributed by atoms with Crippen LogP contribution in [0.3, 0.4) is 0 Å². The SMILES string of the molecule is CSC1(CN=C2NC(C)(C)CCS2)CCCC1. The summed E-state index contributed by atoms with van der Waals surface area (Å²) in [5.41, 5.74) is 0.228. The highest BCUT2D eigenvalue weighted by molar-refractivity contribution is 8.13. The number of nitrogens with zero attached hydrogens (tertiary/aromatic N) is 1. The molecule has 0 aromatic carbocycles. The van der Waals surface area contributed by atoms with Gasteiger partial charge in [0.1, 0.15) is 0 Å². The van der Waals surface area contributed by atoms with Crippen molar-refractivity contribution in [3.8, 4) is 0 Å². The van der Waals surface area contributed by atoms with Gasteiger partial charge in [0.15, 0.2) is 5.17 Å². The summed E-state index contributed by atoms with van der Waals surface area (Å²) in [6.45, 7) is 5.53. The Labute approximate surface area is 114 Å². The summed E-state index contributed by atoms with van der Waals surface area (Å²) >= 11 is 3.91. The van der Waals surface area contributed by atoms with Crippen LogP contribution < -0.4 is 5.32 Å². The molecule has 4 heteroatoms. The number of amidine groups is 1. The van der Waals surface area contributed by atoms with Crippen LogP contribution in [0, 0.1) is 0 Å². The molecule has 0 spiro atoms. The Bertz CT molecular complexity index is 294. The van der Waals surface area contributed by atoms with E-state index in [1.165, 1.54) is 43.0 Å². The highest BCUT2D eigenvalue weighted by Gasteiger charge is 2.33. The van der Waals surface area contributed by atoms with Crippen LogP contribution in [-0.4, -0.2) is 34.0 Å². The summed E-state index contributed by atoms with van der Waals surface area (Å²) in [4.78, 5) is 4.85. The van der Waals surface area contributed by atoms with Gasteiger partial charge in [-0.2, -0.15) is 11.8 Å². The molecule has 0 amide bonds. The van der Waals surface area contributed by atoms with Gasteiger partial charge in [-0.1, -0.05) is 24.6 Å². The molecule has 1 aliphatic carbocycles. The van der Waals surface area contributed by atoms with E-state index in [0.717, 1.165) is 6.54 Å². The molecular formula is C13H24N2S2. The van der Waals surface area contributed by atoms with Crippen molar-refractivity contribution < 1.29 is 0 Å². The van der Waals surface area contributed by atoms with Gasteiger partial charge in [0, 0.05) is 16.0 Å². The summed E-state index contributed by atoms with van der Waals surface area (Å²) in [5, 5.41) is 4.73. The summed E-state index contributed by atoms with van der Waals surface area (Å²) < 4.78 is 0.441. The average Bonchev–Trinajstić information content (AvgIpc) is 2.75. The molecular weight excluding hydrogens is 248 g/mol. The highest BCUT2D eigenvalue weighted by atomic mass is 32.2. The minimum atomic E-state index is 0.228. The monoisotopic (exact) mass is 272 g/mol. The van der Waals surface area contributed by atoms with Crippen molar-refractivity contribution in [2.24, 2.45) is 4.99 Å². The van der Waals surface area contributed by atoms with Crippen molar-refractivity contribution >= 4 is 28.7 Å². The van der Waals surface area contributed by atoms with Gasteiger partial charge in [-0.05, 0) is 39.4 Å². The van der Waals surface area contributed by atoms with Crippen molar-refractivity contribution in [2.45, 2.75) is 56.2 Å². The second-order valence-corrected chi connectivity index (χ2v) is 8.18. The molecule has 1 N–H and O–H groups in total. The smallest absolute Gasteiger partial charge is 0.157 e. The van der Waals surface area contributed by atoms with E-state index in [-0.39, 0.29) is 5.54 Å². The Kier molecular flexibility index (Phi) is 4.35. The van der Waals surface area contributed by atoms with Crippen molar-refractivity contribution in [3.63, 3.8) is 0 Å². The van der Waals surface area contributed by atoms with E-state index in [9.17, 15) is 0 Å². The third-order valence-electron chi connectivity index (χ3n) is 3.87. The topological polar surface area (TPSA) is 24.4 Å². The molecule has 0 radical (unpaired) electrons. The average molecular weight is 272 g/mol. The van der Waals surface area contributed by atoms with E-state index >= 15 is 0 Å². The molecule has 2 fully saturated rings. The zero-order valence-corrected chi connectivity index (χ0v) is 12.8. The number of aliphatic imine (C=N–C) groups is 1. The zero-order chi connectivity index (χ0) is 12.4. The molecule has 0 aromatic heterocycles. The van der Waals surface area contributed by atoms with E-state index < -0.39 is 0 Å². The Morgan fingerprint density at radius 2 is 2.00 bits per heavy atom. The fraction of sp³-hybridized carbons (Fsp3) is 0.923. The van der Waals surface area contributed by atoms with E-state index in [1.54, 1.807) is 0 Å². The Balaban J connectivity index is 1.95. The lowest BCUT2D eigenvalue weighted by Gasteiger charge is -2.33. The number of rotatable bonds is 3. The van der Waals surface area contributed by atoms with Crippen molar-refractivity contribution in [1.29, 1.82) is 0 Å². The largest absolute Gasteiger partial charge is 0.360 e. The second kappa shape index (κ2) is 5.43. The molecule has 17 heavy (non-hydrogen) atoms. The number of thioether (sulfide) groups is 2. The van der Waals surface area contributed by atoms with Gasteiger partial charge in [-0.3, -0.25) is 4.99 Å². The second-order valence-electron chi connectivity index (χ2n) is 5.82. The predicted molar refractivity (Wildman–Crippen MR) is 81.3 cm³/mol. The lowest BCUT2D eigenvalue weighted by atomic mass is 10.0. The van der Waals surface area contributed by atoms with Crippen LogP contribution in [-0.2, 0) is 0 Å². The molecule has 1 saturated heterocycles. The predicted octanol–water partition coefficient (Wildman–Crippen LogP) is 3.52. The van der Waals surface area contributed by atoms with Crippen LogP contribution in [0.5, 0.6) is 0 Å². The van der Waals surface area contributed by atoms with Crippen LogP contribution >= 0.6 is 23.5 Å². The molecule has 0 atom stereocenters. The van der Waals surface area contributed by atoms with Crippen molar-refractivity contribution in [1.82, 2.24) is 5.32 Å². The van der Waals surface area contributed by atoms with E-state index in [2.05, 4.69) is 25.4 Å². The molecule has 1 aliphatic heterocycles. The minimum Gasteiger partial charge on any atom is -0.360 e. The number of nitrogens with one attached hydrogen (secondary N) is 1. The number of hydrogen-bond acceptors (Lipinski definition) is 3. The van der Waals surface area contributed by atoms with Gasteiger partial charge >= 0.3 is 0 Å². The summed E-state index contributed by atoms with van der Waals surface area (Å²) in [6, 6.07) is 0. The van der Waals surface area contributed by atoms with Gasteiger partial charge in [0.2, 0.25) is 0 Å². The maximum Gasteiger partial charge on any atom is 0.157 e. The lowest BCUT2D eigenvalue weighted by Crippen LogP contribution is -2.46. The Hall–Kier alpha value is 0.170. The summed E-state index contributed by atoms with van der Waals surface area (Å²) in [5.74, 6) is 1.20. The van der Waals surface area contributed by atoms with Crippen LogP contribution in [0.25, 0.3) is 0 Å². The van der Waals surface area contributed by atoms with Crippen LogP contribution in [0.1, 0.15) is 46.0 Å². The molecule has 2 nitrogen and oxygen atoms in total. The molecule has 2 aliphatic rings. The third-order valence-corrected chi connectivity index (χ3v) is 6.19. The molecule has 1 heterocycles. The van der Waals surface area contributed by atoms with E-state index in [4.69, 9.17) is 4.99 Å².